The van der Waals surface area contributed by atoms with E-state index in [4.69, 9.17) is 9.84 Å². The van der Waals surface area contributed by atoms with E-state index < -0.39 is 0 Å². The molecule has 5 rings (SSSR count). The van der Waals surface area contributed by atoms with E-state index in [2.05, 4.69) is 18.3 Å². The molecule has 3 aromatic rings. The van der Waals surface area contributed by atoms with Gasteiger partial charge in [-0.3, -0.25) is 4.79 Å². The number of methoxy groups -OCH3 is 1. The third-order valence-corrected chi connectivity index (χ3v) is 6.03. The molecule has 2 saturated carbocycles. The van der Waals surface area contributed by atoms with Crippen molar-refractivity contribution in [1.29, 1.82) is 0 Å². The number of nitrogens with one attached hydrogen (secondary N) is 1. The minimum absolute atomic E-state index is 0.0331. The van der Waals surface area contributed by atoms with E-state index in [0.717, 1.165) is 40.5 Å². The molecule has 0 saturated heterocycles. The summed E-state index contributed by atoms with van der Waals surface area (Å²) in [7, 11) is 1.68. The summed E-state index contributed by atoms with van der Waals surface area (Å²) in [6, 6.07) is 18.0. The predicted molar refractivity (Wildman–Crippen MR) is 113 cm³/mol. The van der Waals surface area contributed by atoms with Crippen molar-refractivity contribution in [1.82, 2.24) is 9.78 Å². The van der Waals surface area contributed by atoms with Crippen molar-refractivity contribution in [2.45, 2.75) is 38.0 Å². The van der Waals surface area contributed by atoms with Crippen LogP contribution in [0.5, 0.6) is 5.75 Å². The van der Waals surface area contributed by atoms with Gasteiger partial charge in [-0.25, -0.2) is 4.68 Å². The summed E-state index contributed by atoms with van der Waals surface area (Å²) in [5.41, 5.74) is 4.28. The molecule has 1 heterocycles. The van der Waals surface area contributed by atoms with E-state index in [1.54, 1.807) is 7.11 Å². The van der Waals surface area contributed by atoms with E-state index in [-0.39, 0.29) is 17.7 Å². The van der Waals surface area contributed by atoms with Crippen LogP contribution >= 0.6 is 0 Å². The molecule has 0 radical (unpaired) electrons. The Kier molecular flexibility index (Phi) is 4.38. The number of rotatable bonds is 6. The Morgan fingerprint density at radius 1 is 1.10 bits per heavy atom. The first-order valence-corrected chi connectivity index (χ1v) is 10.3. The highest BCUT2D eigenvalue weighted by Crippen LogP contribution is 2.51. The van der Waals surface area contributed by atoms with Crippen molar-refractivity contribution < 1.29 is 9.53 Å². The molecule has 148 valence electrons. The van der Waals surface area contributed by atoms with Gasteiger partial charge in [-0.2, -0.15) is 5.10 Å². The van der Waals surface area contributed by atoms with Crippen molar-refractivity contribution in [3.05, 3.63) is 71.4 Å². The van der Waals surface area contributed by atoms with Crippen molar-refractivity contribution in [3.63, 3.8) is 0 Å². The Balaban J connectivity index is 1.41. The quantitative estimate of drug-likeness (QED) is 0.660. The van der Waals surface area contributed by atoms with Crippen LogP contribution in [-0.2, 0) is 4.79 Å². The fourth-order valence-corrected chi connectivity index (χ4v) is 4.17. The highest BCUT2D eigenvalue weighted by molar-refractivity contribution is 5.95. The van der Waals surface area contributed by atoms with Gasteiger partial charge in [-0.15, -0.1) is 0 Å². The van der Waals surface area contributed by atoms with Gasteiger partial charge in [0.2, 0.25) is 5.91 Å². The second-order valence-electron chi connectivity index (χ2n) is 8.06. The minimum Gasteiger partial charge on any atom is -0.496 e. The summed E-state index contributed by atoms with van der Waals surface area (Å²) < 4.78 is 7.37. The molecule has 1 N–H and O–H groups in total. The number of benzene rings is 2. The van der Waals surface area contributed by atoms with Crippen LogP contribution in [-0.4, -0.2) is 22.8 Å². The second-order valence-corrected chi connectivity index (χ2v) is 8.06. The summed E-state index contributed by atoms with van der Waals surface area (Å²) in [5, 5.41) is 8.06. The van der Waals surface area contributed by atoms with Gasteiger partial charge in [-0.05, 0) is 55.9 Å². The molecule has 5 heteroatoms. The summed E-state index contributed by atoms with van der Waals surface area (Å²) >= 11 is 0. The highest BCUT2D eigenvalue weighted by atomic mass is 16.5. The average molecular weight is 387 g/mol. The van der Waals surface area contributed by atoms with Crippen LogP contribution in [0.4, 0.5) is 5.82 Å². The van der Waals surface area contributed by atoms with Crippen molar-refractivity contribution in [3.8, 4) is 11.4 Å². The lowest BCUT2D eigenvalue weighted by molar-refractivity contribution is -0.117. The molecule has 0 aliphatic heterocycles. The fourth-order valence-electron chi connectivity index (χ4n) is 4.17. The maximum absolute atomic E-state index is 13.1. The van der Waals surface area contributed by atoms with E-state index in [1.807, 2.05) is 53.2 Å². The van der Waals surface area contributed by atoms with Crippen LogP contribution in [0.1, 0.15) is 47.9 Å². The molecule has 0 bridgehead atoms. The minimum atomic E-state index is -0.0331. The molecule has 29 heavy (non-hydrogen) atoms. The Labute approximate surface area is 170 Å². The third kappa shape index (κ3) is 3.31. The van der Waals surface area contributed by atoms with Crippen molar-refractivity contribution in [2.24, 2.45) is 5.92 Å². The summed E-state index contributed by atoms with van der Waals surface area (Å²) in [6.07, 6.45) is 3.21. The van der Waals surface area contributed by atoms with Gasteiger partial charge in [0.05, 0.1) is 18.5 Å². The van der Waals surface area contributed by atoms with Crippen LogP contribution in [0.3, 0.4) is 0 Å². The number of hydrogen-bond acceptors (Lipinski definition) is 3. The highest BCUT2D eigenvalue weighted by Gasteiger charge is 2.45. The number of carbonyl (C=O) groups excluding carboxylic acids is 1. The van der Waals surface area contributed by atoms with Crippen LogP contribution in [0, 0.1) is 12.8 Å². The van der Waals surface area contributed by atoms with Gasteiger partial charge in [0.15, 0.2) is 0 Å². The number of carbonyl (C=O) groups is 1. The molecule has 5 nitrogen and oxygen atoms in total. The third-order valence-electron chi connectivity index (χ3n) is 6.03. The number of nitrogens with zero attached hydrogens (tertiary/aromatic N) is 2. The van der Waals surface area contributed by atoms with Gasteiger partial charge in [0.1, 0.15) is 11.6 Å². The molecule has 1 aromatic heterocycles. The molecule has 0 unspecified atom stereocenters. The van der Waals surface area contributed by atoms with Crippen molar-refractivity contribution >= 4 is 11.7 Å². The summed E-state index contributed by atoms with van der Waals surface area (Å²) in [6.45, 7) is 2.07. The number of para-hydroxylation sites is 2. The van der Waals surface area contributed by atoms with Crippen LogP contribution in [0.25, 0.3) is 5.69 Å². The summed E-state index contributed by atoms with van der Waals surface area (Å²) in [5.74, 6) is 2.42. The topological polar surface area (TPSA) is 56.1 Å². The van der Waals surface area contributed by atoms with Gasteiger partial charge >= 0.3 is 0 Å². The largest absolute Gasteiger partial charge is 0.496 e. The van der Waals surface area contributed by atoms with Gasteiger partial charge in [-0.1, -0.05) is 36.4 Å². The Bertz CT molecular complexity index is 1050. The Morgan fingerprint density at radius 3 is 2.55 bits per heavy atom. The smallest absolute Gasteiger partial charge is 0.229 e. The molecule has 2 aliphatic rings. The number of ether oxygens (including phenoxy) is 1. The molecule has 1 amide bonds. The van der Waals surface area contributed by atoms with Gasteiger partial charge < -0.3 is 10.1 Å². The molecule has 2 atom stereocenters. The maximum atomic E-state index is 13.1. The molecule has 0 spiro atoms. The Hall–Kier alpha value is -3.08. The van der Waals surface area contributed by atoms with Crippen LogP contribution in [0.15, 0.2) is 54.6 Å². The van der Waals surface area contributed by atoms with E-state index in [0.29, 0.717) is 5.92 Å². The number of hydrogen-bond donors (Lipinski definition) is 1. The van der Waals surface area contributed by atoms with E-state index in [1.165, 1.54) is 12.8 Å². The zero-order valence-corrected chi connectivity index (χ0v) is 16.8. The zero-order chi connectivity index (χ0) is 20.0. The molecular weight excluding hydrogens is 362 g/mol. The second kappa shape index (κ2) is 7.07. The van der Waals surface area contributed by atoms with Crippen LogP contribution in [0.2, 0.25) is 0 Å². The lowest BCUT2D eigenvalue weighted by atomic mass is 10.1. The Morgan fingerprint density at radius 2 is 1.83 bits per heavy atom. The van der Waals surface area contributed by atoms with Crippen LogP contribution < -0.4 is 10.1 Å². The van der Waals surface area contributed by atoms with E-state index >= 15 is 0 Å². The van der Waals surface area contributed by atoms with Gasteiger partial charge in [0, 0.05) is 17.4 Å². The van der Waals surface area contributed by atoms with Crippen molar-refractivity contribution in [2.75, 3.05) is 12.4 Å². The van der Waals surface area contributed by atoms with Gasteiger partial charge in [0.25, 0.3) is 0 Å². The lowest BCUT2D eigenvalue weighted by Crippen LogP contribution is -2.18. The first kappa shape index (κ1) is 18.0. The van der Waals surface area contributed by atoms with E-state index in [9.17, 15) is 4.79 Å². The normalized spacial score (nSPS) is 20.3. The lowest BCUT2D eigenvalue weighted by Gasteiger charge is -2.11. The molecule has 2 aromatic carbocycles. The first-order valence-electron chi connectivity index (χ1n) is 10.3. The average Bonchev–Trinajstić information content (AvgIpc) is 3.68. The standard InChI is InChI=1S/C24H25N3O2/c1-15-22(16-12-13-16)26-27(17-8-4-3-5-9-17)23(15)25-24(28)20-14-19(20)18-10-6-7-11-21(18)29-2/h3-11,16,19-20H,12-14H2,1-2H3,(H,25,28)/t19-,20+/m0/s1. The molecule has 2 fully saturated rings. The number of aromatic nitrogens is 2. The number of amides is 1. The molecule has 2 aliphatic carbocycles. The SMILES string of the molecule is COc1ccccc1[C@@H]1C[C@H]1C(=O)Nc1c(C)c(C2CC2)nn1-c1ccccc1. The monoisotopic (exact) mass is 387 g/mol. The first-order chi connectivity index (χ1) is 14.2. The fraction of sp³-hybridized carbons (Fsp3) is 0.333. The molecular formula is C24H25N3O2. The predicted octanol–water partition coefficient (Wildman–Crippen LogP) is 4.81. The number of anilines is 1. The zero-order valence-electron chi connectivity index (χ0n) is 16.8. The maximum Gasteiger partial charge on any atom is 0.229 e. The summed E-state index contributed by atoms with van der Waals surface area (Å²) in [4.78, 5) is 13.1.